The zero-order valence-electron chi connectivity index (χ0n) is 10.8. The Morgan fingerprint density at radius 3 is 2.00 bits per heavy atom. The van der Waals surface area contributed by atoms with Crippen molar-refractivity contribution in [3.63, 3.8) is 0 Å². The fraction of sp³-hybridized carbons (Fsp3) is 0.250. The average Bonchev–Trinajstić information content (AvgIpc) is 2.28. The fourth-order valence-corrected chi connectivity index (χ4v) is 2.54. The van der Waals surface area contributed by atoms with Crippen molar-refractivity contribution < 1.29 is 4.39 Å². The van der Waals surface area contributed by atoms with Crippen molar-refractivity contribution in [3.05, 3.63) is 70.0 Å². The van der Waals surface area contributed by atoms with Gasteiger partial charge in [0, 0.05) is 5.56 Å². The Bertz CT molecular complexity index is 524. The molecule has 0 amide bonds. The summed E-state index contributed by atoms with van der Waals surface area (Å²) in [6.07, 6.45) is 0. The zero-order chi connectivity index (χ0) is 13.3. The molecule has 2 aromatic carbocycles. The van der Waals surface area contributed by atoms with Crippen LogP contribution < -0.4 is 0 Å². The molecule has 2 heteroatoms. The van der Waals surface area contributed by atoms with Crippen LogP contribution in [0.1, 0.15) is 33.2 Å². The molecule has 0 aliphatic heterocycles. The van der Waals surface area contributed by atoms with Crippen molar-refractivity contribution in [2.24, 2.45) is 0 Å². The maximum absolute atomic E-state index is 13.9. The van der Waals surface area contributed by atoms with Crippen molar-refractivity contribution in [2.45, 2.75) is 26.1 Å². The van der Waals surface area contributed by atoms with Crippen LogP contribution in [0.5, 0.6) is 0 Å². The van der Waals surface area contributed by atoms with E-state index >= 15 is 0 Å². The average molecular weight is 263 g/mol. The minimum atomic E-state index is -0.439. The van der Waals surface area contributed by atoms with Crippen LogP contribution >= 0.6 is 11.6 Å². The molecule has 2 rings (SSSR count). The van der Waals surface area contributed by atoms with Crippen LogP contribution in [0.25, 0.3) is 0 Å². The topological polar surface area (TPSA) is 0 Å². The number of alkyl halides is 1. The van der Waals surface area contributed by atoms with Gasteiger partial charge in [-0.3, -0.25) is 0 Å². The second-order valence-electron chi connectivity index (χ2n) is 4.75. The fourth-order valence-electron chi connectivity index (χ4n) is 2.12. The molecule has 0 aliphatic carbocycles. The van der Waals surface area contributed by atoms with Gasteiger partial charge in [-0.1, -0.05) is 35.9 Å². The third kappa shape index (κ3) is 2.56. The molecule has 0 saturated heterocycles. The van der Waals surface area contributed by atoms with E-state index in [4.69, 9.17) is 11.6 Å². The predicted molar refractivity (Wildman–Crippen MR) is 74.7 cm³/mol. The Kier molecular flexibility index (Phi) is 3.72. The second kappa shape index (κ2) is 5.11. The van der Waals surface area contributed by atoms with Crippen molar-refractivity contribution in [1.29, 1.82) is 0 Å². The van der Waals surface area contributed by atoms with Crippen molar-refractivity contribution in [2.75, 3.05) is 0 Å². The first-order valence-corrected chi connectivity index (χ1v) is 6.40. The summed E-state index contributed by atoms with van der Waals surface area (Å²) in [6, 6.07) is 11.2. The van der Waals surface area contributed by atoms with Crippen molar-refractivity contribution >= 4 is 11.6 Å². The summed E-state index contributed by atoms with van der Waals surface area (Å²) in [5, 5.41) is -0.439. The van der Waals surface area contributed by atoms with Gasteiger partial charge in [-0.25, -0.2) is 4.39 Å². The molecule has 1 atom stereocenters. The maximum atomic E-state index is 13.9. The molecule has 0 aliphatic rings. The molecule has 0 bridgehead atoms. The van der Waals surface area contributed by atoms with Crippen LogP contribution in [0.2, 0.25) is 0 Å². The van der Waals surface area contributed by atoms with Crippen LogP contribution in [-0.2, 0) is 0 Å². The van der Waals surface area contributed by atoms with Crippen LogP contribution in [0.3, 0.4) is 0 Å². The van der Waals surface area contributed by atoms with Gasteiger partial charge in [0.1, 0.15) is 5.82 Å². The normalized spacial score (nSPS) is 12.5. The van der Waals surface area contributed by atoms with E-state index in [0.717, 1.165) is 16.7 Å². The van der Waals surface area contributed by atoms with E-state index in [2.05, 4.69) is 6.07 Å². The van der Waals surface area contributed by atoms with E-state index in [0.29, 0.717) is 5.56 Å². The molecule has 0 nitrogen and oxygen atoms in total. The highest BCUT2D eigenvalue weighted by molar-refractivity contribution is 6.22. The van der Waals surface area contributed by atoms with E-state index in [1.165, 1.54) is 11.6 Å². The Morgan fingerprint density at radius 2 is 1.44 bits per heavy atom. The number of benzene rings is 2. The lowest BCUT2D eigenvalue weighted by atomic mass is 9.97. The van der Waals surface area contributed by atoms with Gasteiger partial charge in [0.25, 0.3) is 0 Å². The quantitative estimate of drug-likeness (QED) is 0.662. The van der Waals surface area contributed by atoms with Crippen LogP contribution in [0.4, 0.5) is 4.39 Å². The molecule has 0 aromatic heterocycles. The summed E-state index contributed by atoms with van der Waals surface area (Å²) >= 11 is 6.41. The van der Waals surface area contributed by atoms with E-state index < -0.39 is 5.38 Å². The minimum absolute atomic E-state index is 0.241. The first kappa shape index (κ1) is 13.1. The third-order valence-corrected chi connectivity index (χ3v) is 3.60. The Morgan fingerprint density at radius 1 is 0.889 bits per heavy atom. The number of aryl methyl sites for hydroxylation is 3. The van der Waals surface area contributed by atoms with Gasteiger partial charge in [0.15, 0.2) is 0 Å². The zero-order valence-corrected chi connectivity index (χ0v) is 11.6. The second-order valence-corrected chi connectivity index (χ2v) is 5.18. The molecule has 94 valence electrons. The van der Waals surface area contributed by atoms with Gasteiger partial charge >= 0.3 is 0 Å². The van der Waals surface area contributed by atoms with Gasteiger partial charge in [-0.2, -0.15) is 0 Å². The van der Waals surface area contributed by atoms with E-state index in [1.807, 2.05) is 39.0 Å². The van der Waals surface area contributed by atoms with Gasteiger partial charge in [-0.05, 0) is 43.5 Å². The highest BCUT2D eigenvalue weighted by Gasteiger charge is 2.16. The standard InChI is InChI=1S/C16H16ClF/c1-10-4-6-13(12(3)8-10)16(17)14-7-5-11(2)9-15(14)18/h4-9,16H,1-3H3. The molecule has 0 radical (unpaired) electrons. The van der Waals surface area contributed by atoms with Crippen molar-refractivity contribution in [1.82, 2.24) is 0 Å². The first-order chi connectivity index (χ1) is 8.49. The highest BCUT2D eigenvalue weighted by Crippen LogP contribution is 2.33. The molecule has 0 fully saturated rings. The smallest absolute Gasteiger partial charge is 0.128 e. The molecule has 0 saturated carbocycles. The van der Waals surface area contributed by atoms with E-state index in [9.17, 15) is 4.39 Å². The summed E-state index contributed by atoms with van der Waals surface area (Å²) < 4.78 is 13.9. The molecule has 18 heavy (non-hydrogen) atoms. The van der Waals surface area contributed by atoms with E-state index in [-0.39, 0.29) is 5.82 Å². The number of hydrogen-bond acceptors (Lipinski definition) is 0. The molecule has 0 heterocycles. The summed E-state index contributed by atoms with van der Waals surface area (Å²) in [5.41, 5.74) is 4.68. The Hall–Kier alpha value is -1.34. The number of hydrogen-bond donors (Lipinski definition) is 0. The highest BCUT2D eigenvalue weighted by atomic mass is 35.5. The van der Waals surface area contributed by atoms with Gasteiger partial charge in [0.05, 0.1) is 5.38 Å². The largest absolute Gasteiger partial charge is 0.207 e. The SMILES string of the molecule is Cc1ccc(C(Cl)c2ccc(C)cc2F)c(C)c1. The van der Waals surface area contributed by atoms with Crippen LogP contribution in [0.15, 0.2) is 36.4 Å². The molecule has 1 unspecified atom stereocenters. The molecule has 0 spiro atoms. The predicted octanol–water partition coefficient (Wildman–Crippen LogP) is 5.08. The van der Waals surface area contributed by atoms with Gasteiger partial charge in [-0.15, -0.1) is 11.6 Å². The molecule has 0 N–H and O–H groups in total. The Labute approximate surface area is 112 Å². The summed E-state index contributed by atoms with van der Waals surface area (Å²) in [6.45, 7) is 5.91. The maximum Gasteiger partial charge on any atom is 0.128 e. The minimum Gasteiger partial charge on any atom is -0.207 e. The summed E-state index contributed by atoms with van der Waals surface area (Å²) in [5.74, 6) is -0.241. The Balaban J connectivity index is 2.44. The third-order valence-electron chi connectivity index (χ3n) is 3.13. The van der Waals surface area contributed by atoms with Gasteiger partial charge in [0.2, 0.25) is 0 Å². The lowest BCUT2D eigenvalue weighted by molar-refractivity contribution is 0.611. The number of rotatable bonds is 2. The van der Waals surface area contributed by atoms with Crippen molar-refractivity contribution in [3.8, 4) is 0 Å². The summed E-state index contributed by atoms with van der Waals surface area (Å²) in [7, 11) is 0. The van der Waals surface area contributed by atoms with Gasteiger partial charge < -0.3 is 0 Å². The molecular formula is C16H16ClF. The monoisotopic (exact) mass is 262 g/mol. The first-order valence-electron chi connectivity index (χ1n) is 5.96. The molecule has 2 aromatic rings. The van der Waals surface area contributed by atoms with Crippen LogP contribution in [-0.4, -0.2) is 0 Å². The molecular weight excluding hydrogens is 247 g/mol. The van der Waals surface area contributed by atoms with E-state index in [1.54, 1.807) is 6.07 Å². The number of halogens is 2. The lowest BCUT2D eigenvalue weighted by Crippen LogP contribution is -2.00. The lowest BCUT2D eigenvalue weighted by Gasteiger charge is -2.15. The summed E-state index contributed by atoms with van der Waals surface area (Å²) in [4.78, 5) is 0. The van der Waals surface area contributed by atoms with Crippen LogP contribution in [0, 0.1) is 26.6 Å².